The summed E-state index contributed by atoms with van der Waals surface area (Å²) < 4.78 is 107. The Bertz CT molecular complexity index is 1060. The van der Waals surface area contributed by atoms with Crippen molar-refractivity contribution in [3.05, 3.63) is 59.7 Å². The number of benzene rings is 2. The Morgan fingerprint density at radius 3 is 2.19 bits per heavy atom. The quantitative estimate of drug-likeness (QED) is 0.612. The zero-order chi connectivity index (χ0) is 23.0. The van der Waals surface area contributed by atoms with Crippen LogP contribution in [0.5, 0.6) is 5.75 Å². The molecule has 0 amide bonds. The number of rotatable bonds is 4. The molecule has 0 aromatic heterocycles. The van der Waals surface area contributed by atoms with Crippen LogP contribution in [0, 0.1) is 0 Å². The molecule has 31 heavy (non-hydrogen) atoms. The Morgan fingerprint density at radius 1 is 0.968 bits per heavy atom. The molecule has 2 aromatic rings. The smallest absolute Gasteiger partial charge is 0.406 e. The number of carbonyl (C=O) groups excluding carboxylic acids is 1. The third-order valence-corrected chi connectivity index (χ3v) is 6.56. The van der Waals surface area contributed by atoms with Gasteiger partial charge in [0.2, 0.25) is 10.0 Å². The zero-order valence-corrected chi connectivity index (χ0v) is 16.4. The summed E-state index contributed by atoms with van der Waals surface area (Å²) in [5.74, 6) is -0.947. The number of halogens is 6. The molecule has 5 nitrogen and oxygen atoms in total. The van der Waals surface area contributed by atoms with E-state index in [0.717, 1.165) is 46.8 Å². The van der Waals surface area contributed by atoms with Gasteiger partial charge in [0.15, 0.2) is 0 Å². The first-order valence-corrected chi connectivity index (χ1v) is 10.3. The second-order valence-electron chi connectivity index (χ2n) is 6.77. The molecule has 1 atom stereocenters. The van der Waals surface area contributed by atoms with Gasteiger partial charge in [0.25, 0.3) is 0 Å². The lowest BCUT2D eigenvalue weighted by Crippen LogP contribution is -2.41. The van der Waals surface area contributed by atoms with E-state index in [2.05, 4.69) is 4.74 Å². The molecule has 0 spiro atoms. The molecular weight excluding hydrogens is 452 g/mol. The van der Waals surface area contributed by atoms with E-state index in [4.69, 9.17) is 0 Å². The highest BCUT2D eigenvalue weighted by atomic mass is 32.2. The highest BCUT2D eigenvalue weighted by Gasteiger charge is 2.39. The van der Waals surface area contributed by atoms with Crippen LogP contribution in [0.1, 0.15) is 30.0 Å². The van der Waals surface area contributed by atoms with Crippen molar-refractivity contribution in [2.24, 2.45) is 0 Å². The van der Waals surface area contributed by atoms with E-state index in [-0.39, 0.29) is 35.6 Å². The van der Waals surface area contributed by atoms with Gasteiger partial charge in [-0.25, -0.2) is 8.42 Å². The Balaban J connectivity index is 1.96. The Labute approximate surface area is 173 Å². The second-order valence-corrected chi connectivity index (χ2v) is 8.66. The van der Waals surface area contributed by atoms with Crippen LogP contribution in [0.2, 0.25) is 0 Å². The molecule has 0 bridgehead atoms. The van der Waals surface area contributed by atoms with E-state index in [1.807, 2.05) is 0 Å². The Hall–Kier alpha value is -2.60. The van der Waals surface area contributed by atoms with Crippen molar-refractivity contribution in [2.45, 2.75) is 36.3 Å². The summed E-state index contributed by atoms with van der Waals surface area (Å²) in [6.45, 7) is -0.275. The van der Waals surface area contributed by atoms with E-state index in [1.54, 1.807) is 0 Å². The third kappa shape index (κ3) is 5.37. The van der Waals surface area contributed by atoms with Crippen LogP contribution in [0.3, 0.4) is 0 Å². The van der Waals surface area contributed by atoms with Crippen molar-refractivity contribution in [1.29, 1.82) is 0 Å². The average Bonchev–Trinajstić information content (AvgIpc) is 2.66. The standard InChI is InChI=1S/C19H15F6NO4S/c20-18(21,22)13-3-1-2-12(10-13)17-11-14(27)8-9-26(17)31(28,29)16-6-4-15(5-7-16)30-19(23,24)25/h1-7,10,17H,8-9,11H2. The largest absolute Gasteiger partial charge is 0.573 e. The number of piperidine rings is 1. The van der Waals surface area contributed by atoms with Crippen molar-refractivity contribution in [3.63, 3.8) is 0 Å². The zero-order valence-electron chi connectivity index (χ0n) is 15.6. The van der Waals surface area contributed by atoms with Gasteiger partial charge in [-0.15, -0.1) is 13.2 Å². The number of ether oxygens (including phenoxy) is 1. The predicted octanol–water partition coefficient (Wildman–Crippen LogP) is 4.70. The average molecular weight is 467 g/mol. The van der Waals surface area contributed by atoms with Gasteiger partial charge in [0, 0.05) is 19.4 Å². The molecule has 168 valence electrons. The molecule has 0 aliphatic carbocycles. The molecule has 0 N–H and O–H groups in total. The van der Waals surface area contributed by atoms with Gasteiger partial charge in [-0.1, -0.05) is 12.1 Å². The van der Waals surface area contributed by atoms with Crippen LogP contribution in [0.25, 0.3) is 0 Å². The highest BCUT2D eigenvalue weighted by Crippen LogP contribution is 2.37. The fourth-order valence-corrected chi connectivity index (χ4v) is 4.87. The summed E-state index contributed by atoms with van der Waals surface area (Å²) >= 11 is 0. The van der Waals surface area contributed by atoms with Crippen molar-refractivity contribution in [1.82, 2.24) is 4.31 Å². The maximum Gasteiger partial charge on any atom is 0.573 e. The van der Waals surface area contributed by atoms with Gasteiger partial charge in [-0.05, 0) is 42.0 Å². The van der Waals surface area contributed by atoms with Crippen LogP contribution in [0.15, 0.2) is 53.4 Å². The van der Waals surface area contributed by atoms with Crippen LogP contribution in [-0.4, -0.2) is 31.4 Å². The first kappa shape index (κ1) is 23.1. The minimum absolute atomic E-state index is 0.0107. The van der Waals surface area contributed by atoms with Crippen molar-refractivity contribution >= 4 is 15.8 Å². The van der Waals surface area contributed by atoms with Crippen molar-refractivity contribution < 1.29 is 44.3 Å². The van der Waals surface area contributed by atoms with E-state index < -0.39 is 39.9 Å². The molecule has 3 rings (SSSR count). The minimum Gasteiger partial charge on any atom is -0.406 e. The minimum atomic E-state index is -4.96. The van der Waals surface area contributed by atoms with Crippen LogP contribution in [-0.2, 0) is 21.0 Å². The van der Waals surface area contributed by atoms with Gasteiger partial charge in [-0.3, -0.25) is 4.79 Å². The van der Waals surface area contributed by atoms with Gasteiger partial charge in [0.1, 0.15) is 11.5 Å². The molecular formula is C19H15F6NO4S. The van der Waals surface area contributed by atoms with Gasteiger partial charge >= 0.3 is 12.5 Å². The van der Waals surface area contributed by atoms with E-state index in [0.29, 0.717) is 0 Å². The van der Waals surface area contributed by atoms with Crippen LogP contribution >= 0.6 is 0 Å². The van der Waals surface area contributed by atoms with Gasteiger partial charge < -0.3 is 4.74 Å². The molecule has 1 aliphatic rings. The van der Waals surface area contributed by atoms with Gasteiger partial charge in [0.05, 0.1) is 16.5 Å². The molecule has 1 heterocycles. The summed E-state index contributed by atoms with van der Waals surface area (Å²) in [4.78, 5) is 11.6. The predicted molar refractivity (Wildman–Crippen MR) is 95.4 cm³/mol. The van der Waals surface area contributed by atoms with E-state index >= 15 is 0 Å². The van der Waals surface area contributed by atoms with Crippen molar-refractivity contribution in [2.75, 3.05) is 6.54 Å². The first-order valence-electron chi connectivity index (χ1n) is 8.84. The highest BCUT2D eigenvalue weighted by molar-refractivity contribution is 7.89. The topological polar surface area (TPSA) is 63.7 Å². The molecule has 1 fully saturated rings. The Kier molecular flexibility index (Phi) is 6.07. The number of hydrogen-bond donors (Lipinski definition) is 0. The number of hydrogen-bond acceptors (Lipinski definition) is 4. The summed E-state index contributed by atoms with van der Waals surface area (Å²) in [5.41, 5.74) is -1.00. The molecule has 1 aliphatic heterocycles. The van der Waals surface area contributed by atoms with Crippen LogP contribution < -0.4 is 4.74 Å². The number of Topliss-reactive ketones (excluding diaryl/α,β-unsaturated/α-hetero) is 1. The molecule has 2 aromatic carbocycles. The number of carbonyl (C=O) groups is 1. The van der Waals surface area contributed by atoms with Gasteiger partial charge in [-0.2, -0.15) is 17.5 Å². The molecule has 12 heteroatoms. The summed E-state index contributed by atoms with van der Waals surface area (Å²) in [6.07, 6.45) is -10.1. The number of alkyl halides is 6. The third-order valence-electron chi connectivity index (χ3n) is 4.64. The lowest BCUT2D eigenvalue weighted by molar-refractivity contribution is -0.274. The monoisotopic (exact) mass is 467 g/mol. The normalized spacial score (nSPS) is 18.8. The van der Waals surface area contributed by atoms with E-state index in [1.165, 1.54) is 6.07 Å². The van der Waals surface area contributed by atoms with Crippen molar-refractivity contribution in [3.8, 4) is 5.75 Å². The first-order chi connectivity index (χ1) is 14.3. The Morgan fingerprint density at radius 2 is 1.61 bits per heavy atom. The molecule has 0 saturated carbocycles. The second kappa shape index (κ2) is 8.15. The SMILES string of the molecule is O=C1CCN(S(=O)(=O)c2ccc(OC(F)(F)F)cc2)C(c2cccc(C(F)(F)F)c2)C1. The lowest BCUT2D eigenvalue weighted by atomic mass is 9.95. The summed E-state index contributed by atoms with van der Waals surface area (Å²) in [6, 6.07) is 6.26. The van der Waals surface area contributed by atoms with Crippen LogP contribution in [0.4, 0.5) is 26.3 Å². The summed E-state index contributed by atoms with van der Waals surface area (Å²) in [7, 11) is -4.33. The fourth-order valence-electron chi connectivity index (χ4n) is 3.25. The molecule has 0 radical (unpaired) electrons. The maximum absolute atomic E-state index is 13.1. The number of ketones is 1. The summed E-state index contributed by atoms with van der Waals surface area (Å²) in [5, 5.41) is 0. The fraction of sp³-hybridized carbons (Fsp3) is 0.316. The molecule has 1 unspecified atom stereocenters. The number of sulfonamides is 1. The number of nitrogens with zero attached hydrogens (tertiary/aromatic N) is 1. The maximum atomic E-state index is 13.1. The van der Waals surface area contributed by atoms with E-state index in [9.17, 15) is 39.6 Å². The lowest BCUT2D eigenvalue weighted by Gasteiger charge is -2.34. The molecule has 1 saturated heterocycles.